The highest BCUT2D eigenvalue weighted by atomic mass is 16.5. The van der Waals surface area contributed by atoms with Crippen LogP contribution in [-0.2, 0) is 11.2 Å². The lowest BCUT2D eigenvalue weighted by Gasteiger charge is -2.19. The van der Waals surface area contributed by atoms with E-state index in [2.05, 4.69) is 24.2 Å². The molecule has 0 aliphatic carbocycles. The number of benzene rings is 2. The molecule has 2 aromatic rings. The Labute approximate surface area is 162 Å². The second-order valence-corrected chi connectivity index (χ2v) is 6.56. The number of carbonyl (C=O) groups is 1. The van der Waals surface area contributed by atoms with E-state index in [0.717, 1.165) is 23.5 Å². The third-order valence-corrected chi connectivity index (χ3v) is 4.53. The minimum Gasteiger partial charge on any atom is -0.493 e. The van der Waals surface area contributed by atoms with E-state index in [1.54, 1.807) is 14.2 Å². The predicted molar refractivity (Wildman–Crippen MR) is 111 cm³/mol. The first-order valence-corrected chi connectivity index (χ1v) is 9.39. The minimum absolute atomic E-state index is 0.00290. The molecule has 0 aliphatic heterocycles. The van der Waals surface area contributed by atoms with Gasteiger partial charge in [0.1, 0.15) is 0 Å². The number of hydrogen-bond donors (Lipinski definition) is 1. The Morgan fingerprint density at radius 1 is 1.04 bits per heavy atom. The van der Waals surface area contributed by atoms with Crippen LogP contribution in [0.5, 0.6) is 11.5 Å². The highest BCUT2D eigenvalue weighted by Crippen LogP contribution is 2.28. The number of amides is 1. The average molecular weight is 370 g/mol. The summed E-state index contributed by atoms with van der Waals surface area (Å²) in [6.45, 7) is 3.22. The Bertz CT molecular complexity index is 729. The number of nitrogens with zero attached hydrogens (tertiary/aromatic N) is 1. The lowest BCUT2D eigenvalue weighted by atomic mass is 10.1. The van der Waals surface area contributed by atoms with E-state index in [1.165, 1.54) is 12.8 Å². The summed E-state index contributed by atoms with van der Waals surface area (Å²) in [5, 5.41) is 2.96. The van der Waals surface area contributed by atoms with Crippen molar-refractivity contribution in [2.24, 2.45) is 0 Å². The highest BCUT2D eigenvalue weighted by Gasteiger charge is 2.08. The van der Waals surface area contributed by atoms with E-state index in [0.29, 0.717) is 24.3 Å². The van der Waals surface area contributed by atoms with Crippen LogP contribution in [0.3, 0.4) is 0 Å². The number of ether oxygens (including phenoxy) is 2. The van der Waals surface area contributed by atoms with E-state index < -0.39 is 0 Å². The maximum absolute atomic E-state index is 12.2. The zero-order valence-corrected chi connectivity index (χ0v) is 16.7. The SMILES string of the molecule is CCCCN(C)c1ccc(NC(=O)CCc2ccc(OC)c(OC)c2)cc1. The van der Waals surface area contributed by atoms with Gasteiger partial charge < -0.3 is 19.7 Å². The second-order valence-electron chi connectivity index (χ2n) is 6.56. The Hall–Kier alpha value is -2.69. The van der Waals surface area contributed by atoms with Gasteiger partial charge in [0.15, 0.2) is 11.5 Å². The number of aryl methyl sites for hydroxylation is 1. The van der Waals surface area contributed by atoms with Gasteiger partial charge in [-0.25, -0.2) is 0 Å². The summed E-state index contributed by atoms with van der Waals surface area (Å²) in [5.74, 6) is 1.37. The molecule has 2 rings (SSSR count). The van der Waals surface area contributed by atoms with Crippen molar-refractivity contribution in [3.8, 4) is 11.5 Å². The maximum atomic E-state index is 12.2. The molecular formula is C22H30N2O3. The summed E-state index contributed by atoms with van der Waals surface area (Å²) in [4.78, 5) is 14.5. The third-order valence-electron chi connectivity index (χ3n) is 4.53. The second kappa shape index (κ2) is 10.5. The lowest BCUT2D eigenvalue weighted by molar-refractivity contribution is -0.116. The molecular weight excluding hydrogens is 340 g/mol. The zero-order chi connectivity index (χ0) is 19.6. The van der Waals surface area contributed by atoms with Crippen LogP contribution in [0.15, 0.2) is 42.5 Å². The summed E-state index contributed by atoms with van der Waals surface area (Å²) in [6.07, 6.45) is 3.40. The summed E-state index contributed by atoms with van der Waals surface area (Å²) in [7, 11) is 5.31. The molecule has 0 aliphatic rings. The van der Waals surface area contributed by atoms with Gasteiger partial charge in [-0.1, -0.05) is 19.4 Å². The van der Waals surface area contributed by atoms with Gasteiger partial charge in [0.2, 0.25) is 5.91 Å². The number of unbranched alkanes of at least 4 members (excludes halogenated alkanes) is 1. The van der Waals surface area contributed by atoms with Gasteiger partial charge in [0.05, 0.1) is 14.2 Å². The quantitative estimate of drug-likeness (QED) is 0.668. The van der Waals surface area contributed by atoms with Crippen LogP contribution in [-0.4, -0.2) is 33.7 Å². The fourth-order valence-electron chi connectivity index (χ4n) is 2.84. The molecule has 146 valence electrons. The molecule has 0 saturated carbocycles. The summed E-state index contributed by atoms with van der Waals surface area (Å²) in [5.41, 5.74) is 3.02. The summed E-state index contributed by atoms with van der Waals surface area (Å²) < 4.78 is 10.5. The van der Waals surface area contributed by atoms with Crippen LogP contribution in [0, 0.1) is 0 Å². The molecule has 0 atom stereocenters. The van der Waals surface area contributed by atoms with Crippen molar-refractivity contribution in [3.63, 3.8) is 0 Å². The molecule has 1 amide bonds. The number of anilines is 2. The first-order chi connectivity index (χ1) is 13.1. The zero-order valence-electron chi connectivity index (χ0n) is 16.7. The van der Waals surface area contributed by atoms with Crippen LogP contribution in [0.25, 0.3) is 0 Å². The van der Waals surface area contributed by atoms with Gasteiger partial charge in [-0.15, -0.1) is 0 Å². The molecule has 0 bridgehead atoms. The van der Waals surface area contributed by atoms with Crippen molar-refractivity contribution in [1.29, 1.82) is 0 Å². The fraction of sp³-hybridized carbons (Fsp3) is 0.409. The van der Waals surface area contributed by atoms with Crippen molar-refractivity contribution < 1.29 is 14.3 Å². The Balaban J connectivity index is 1.87. The average Bonchev–Trinajstić information content (AvgIpc) is 2.70. The third kappa shape index (κ3) is 6.20. The number of hydrogen-bond acceptors (Lipinski definition) is 4. The first kappa shape index (κ1) is 20.6. The van der Waals surface area contributed by atoms with Crippen LogP contribution >= 0.6 is 0 Å². The molecule has 0 heterocycles. The van der Waals surface area contributed by atoms with Gasteiger partial charge >= 0.3 is 0 Å². The van der Waals surface area contributed by atoms with Gasteiger partial charge in [-0.2, -0.15) is 0 Å². The molecule has 0 unspecified atom stereocenters. The molecule has 0 spiro atoms. The summed E-state index contributed by atoms with van der Waals surface area (Å²) in [6, 6.07) is 13.7. The monoisotopic (exact) mass is 370 g/mol. The molecule has 5 nitrogen and oxygen atoms in total. The number of nitrogens with one attached hydrogen (secondary N) is 1. The molecule has 5 heteroatoms. The normalized spacial score (nSPS) is 10.4. The Morgan fingerprint density at radius 3 is 2.37 bits per heavy atom. The lowest BCUT2D eigenvalue weighted by Crippen LogP contribution is -2.18. The van der Waals surface area contributed by atoms with Crippen molar-refractivity contribution in [2.75, 3.05) is 38.0 Å². The smallest absolute Gasteiger partial charge is 0.224 e. The van der Waals surface area contributed by atoms with Gasteiger partial charge in [0.25, 0.3) is 0 Å². The van der Waals surface area contributed by atoms with Crippen molar-refractivity contribution in [1.82, 2.24) is 0 Å². The standard InChI is InChI=1S/C22H30N2O3/c1-5-6-15-24(2)19-11-9-18(10-12-19)23-22(25)14-8-17-7-13-20(26-3)21(16-17)27-4/h7,9-13,16H,5-6,8,14-15H2,1-4H3,(H,23,25). The van der Waals surface area contributed by atoms with Gasteiger partial charge in [-0.3, -0.25) is 4.79 Å². The maximum Gasteiger partial charge on any atom is 0.224 e. The highest BCUT2D eigenvalue weighted by molar-refractivity contribution is 5.91. The minimum atomic E-state index is -0.00290. The van der Waals surface area contributed by atoms with Crippen LogP contribution in [0.4, 0.5) is 11.4 Å². The molecule has 0 radical (unpaired) electrons. The number of rotatable bonds is 10. The van der Waals surface area contributed by atoms with Gasteiger partial charge in [-0.05, 0) is 54.8 Å². The van der Waals surface area contributed by atoms with Crippen LogP contribution in [0.2, 0.25) is 0 Å². The predicted octanol–water partition coefficient (Wildman–Crippen LogP) is 4.51. The van der Waals surface area contributed by atoms with Crippen LogP contribution < -0.4 is 19.7 Å². The Kier molecular flexibility index (Phi) is 7.99. The topological polar surface area (TPSA) is 50.8 Å². The molecule has 0 saturated heterocycles. The summed E-state index contributed by atoms with van der Waals surface area (Å²) >= 11 is 0. The van der Waals surface area contributed by atoms with Crippen molar-refractivity contribution >= 4 is 17.3 Å². The molecule has 27 heavy (non-hydrogen) atoms. The first-order valence-electron chi connectivity index (χ1n) is 9.39. The Morgan fingerprint density at radius 2 is 1.74 bits per heavy atom. The largest absolute Gasteiger partial charge is 0.493 e. The molecule has 0 aromatic heterocycles. The fourth-order valence-corrected chi connectivity index (χ4v) is 2.84. The number of methoxy groups -OCH3 is 2. The van der Waals surface area contributed by atoms with E-state index in [9.17, 15) is 4.79 Å². The van der Waals surface area contributed by atoms with Crippen molar-refractivity contribution in [2.45, 2.75) is 32.6 Å². The van der Waals surface area contributed by atoms with Crippen LogP contribution in [0.1, 0.15) is 31.7 Å². The molecule has 0 fully saturated rings. The number of carbonyl (C=O) groups excluding carboxylic acids is 1. The van der Waals surface area contributed by atoms with E-state index in [-0.39, 0.29) is 5.91 Å². The molecule has 2 aromatic carbocycles. The van der Waals surface area contributed by atoms with Crippen molar-refractivity contribution in [3.05, 3.63) is 48.0 Å². The van der Waals surface area contributed by atoms with Gasteiger partial charge in [0, 0.05) is 31.4 Å². The van der Waals surface area contributed by atoms with E-state index >= 15 is 0 Å². The molecule has 1 N–H and O–H groups in total. The van der Waals surface area contributed by atoms with E-state index in [1.807, 2.05) is 42.5 Å². The van der Waals surface area contributed by atoms with E-state index in [4.69, 9.17) is 9.47 Å².